The first kappa shape index (κ1) is 17.5. The molecule has 4 nitrogen and oxygen atoms in total. The van der Waals surface area contributed by atoms with Crippen LogP contribution in [0, 0.1) is 6.92 Å². The molecule has 0 saturated carbocycles. The van der Waals surface area contributed by atoms with E-state index in [9.17, 15) is 4.79 Å². The van der Waals surface area contributed by atoms with E-state index >= 15 is 0 Å². The molecule has 2 atom stereocenters. The third-order valence-electron chi connectivity index (χ3n) is 3.79. The van der Waals surface area contributed by atoms with Gasteiger partial charge in [0.15, 0.2) is 6.10 Å². The summed E-state index contributed by atoms with van der Waals surface area (Å²) < 4.78 is 5.93. The molecular formula is C17H28N2O2. The third-order valence-corrected chi connectivity index (χ3v) is 3.79. The fourth-order valence-corrected chi connectivity index (χ4v) is 2.12. The van der Waals surface area contributed by atoms with E-state index in [1.807, 2.05) is 19.9 Å². The minimum Gasteiger partial charge on any atom is -0.481 e. The van der Waals surface area contributed by atoms with Crippen LogP contribution in [0.3, 0.4) is 0 Å². The molecule has 0 spiro atoms. The summed E-state index contributed by atoms with van der Waals surface area (Å²) in [5.41, 5.74) is 7.86. The lowest BCUT2D eigenvalue weighted by Gasteiger charge is -2.27. The van der Waals surface area contributed by atoms with Crippen LogP contribution in [-0.4, -0.2) is 36.5 Å². The van der Waals surface area contributed by atoms with Crippen molar-refractivity contribution in [2.75, 3.05) is 13.6 Å². The molecule has 1 aromatic carbocycles. The number of nitrogens with two attached hydrogens (primary N) is 1. The normalized spacial score (nSPS) is 13.9. The molecule has 0 bridgehead atoms. The second-order valence-electron chi connectivity index (χ2n) is 5.99. The molecule has 21 heavy (non-hydrogen) atoms. The molecule has 0 heterocycles. The zero-order chi connectivity index (χ0) is 16.2. The number of amides is 1. The number of carbonyl (C=O) groups excluding carboxylic acids is 1. The number of rotatable bonds is 6. The average Bonchev–Trinajstić information content (AvgIpc) is 2.44. The highest BCUT2D eigenvalue weighted by atomic mass is 16.5. The fraction of sp³-hybridized carbons (Fsp3) is 0.588. The highest BCUT2D eigenvalue weighted by Gasteiger charge is 2.23. The van der Waals surface area contributed by atoms with Gasteiger partial charge < -0.3 is 15.4 Å². The second-order valence-corrected chi connectivity index (χ2v) is 5.99. The molecule has 1 rings (SSSR count). The minimum atomic E-state index is -0.525. The Hall–Kier alpha value is -1.55. The number of carbonyl (C=O) groups is 1. The van der Waals surface area contributed by atoms with Crippen LogP contribution in [0.4, 0.5) is 0 Å². The van der Waals surface area contributed by atoms with Gasteiger partial charge in [-0.05, 0) is 43.9 Å². The molecule has 0 aliphatic rings. The molecule has 2 unspecified atom stereocenters. The van der Waals surface area contributed by atoms with Gasteiger partial charge in [-0.3, -0.25) is 4.79 Å². The van der Waals surface area contributed by atoms with Gasteiger partial charge in [-0.1, -0.05) is 26.0 Å². The summed E-state index contributed by atoms with van der Waals surface area (Å²) in [5.74, 6) is 1.09. The zero-order valence-corrected chi connectivity index (χ0v) is 14.0. The summed E-state index contributed by atoms with van der Waals surface area (Å²) in [6.07, 6.45) is -0.525. The maximum atomic E-state index is 12.4. The molecule has 0 aromatic heterocycles. The molecule has 4 heteroatoms. The SMILES string of the molecule is Cc1ccc(C(C)C)c(OC(C)C(=O)N(C)C(C)CN)c1. The molecular weight excluding hydrogens is 264 g/mol. The number of aryl methyl sites for hydroxylation is 1. The van der Waals surface area contributed by atoms with Gasteiger partial charge >= 0.3 is 0 Å². The van der Waals surface area contributed by atoms with E-state index < -0.39 is 6.10 Å². The van der Waals surface area contributed by atoms with Crippen molar-refractivity contribution in [3.8, 4) is 5.75 Å². The Morgan fingerprint density at radius 3 is 2.43 bits per heavy atom. The smallest absolute Gasteiger partial charge is 0.263 e. The van der Waals surface area contributed by atoms with Crippen molar-refractivity contribution in [2.45, 2.75) is 52.7 Å². The van der Waals surface area contributed by atoms with Crippen LogP contribution in [-0.2, 0) is 4.79 Å². The molecule has 1 amide bonds. The summed E-state index contributed by atoms with van der Waals surface area (Å²) in [6.45, 7) is 10.4. The van der Waals surface area contributed by atoms with Crippen LogP contribution in [0.2, 0.25) is 0 Å². The fourth-order valence-electron chi connectivity index (χ4n) is 2.12. The van der Waals surface area contributed by atoms with Crippen LogP contribution in [0.1, 0.15) is 44.7 Å². The van der Waals surface area contributed by atoms with E-state index in [0.717, 1.165) is 16.9 Å². The van der Waals surface area contributed by atoms with Crippen LogP contribution in [0.25, 0.3) is 0 Å². The van der Waals surface area contributed by atoms with Gasteiger partial charge in [0.05, 0.1) is 0 Å². The van der Waals surface area contributed by atoms with Crippen molar-refractivity contribution < 1.29 is 9.53 Å². The first-order chi connectivity index (χ1) is 9.77. The summed E-state index contributed by atoms with van der Waals surface area (Å²) >= 11 is 0. The number of benzene rings is 1. The van der Waals surface area contributed by atoms with Gasteiger partial charge in [0.2, 0.25) is 0 Å². The lowest BCUT2D eigenvalue weighted by atomic mass is 10.0. The van der Waals surface area contributed by atoms with E-state index in [0.29, 0.717) is 12.5 Å². The molecule has 0 saturated heterocycles. The van der Waals surface area contributed by atoms with Gasteiger partial charge in [-0.25, -0.2) is 0 Å². The monoisotopic (exact) mass is 292 g/mol. The number of ether oxygens (including phenoxy) is 1. The molecule has 118 valence electrons. The number of hydrogen-bond donors (Lipinski definition) is 1. The Labute approximate surface area is 128 Å². The van der Waals surface area contributed by atoms with Crippen molar-refractivity contribution in [1.82, 2.24) is 4.90 Å². The largest absolute Gasteiger partial charge is 0.481 e. The summed E-state index contributed by atoms with van der Waals surface area (Å²) in [6, 6.07) is 6.13. The molecule has 0 aliphatic heterocycles. The number of nitrogens with zero attached hydrogens (tertiary/aromatic N) is 1. The standard InChI is InChI=1S/C17H28N2O2/c1-11(2)15-8-7-12(3)9-16(15)21-14(5)17(20)19(6)13(4)10-18/h7-9,11,13-14H,10,18H2,1-6H3. The molecule has 0 fully saturated rings. The first-order valence-electron chi connectivity index (χ1n) is 7.51. The lowest BCUT2D eigenvalue weighted by molar-refractivity contribution is -0.138. The Kier molecular flexibility index (Phi) is 6.21. The highest BCUT2D eigenvalue weighted by Crippen LogP contribution is 2.28. The number of hydrogen-bond acceptors (Lipinski definition) is 3. The average molecular weight is 292 g/mol. The minimum absolute atomic E-state index is 0.00521. The van der Waals surface area contributed by atoms with Crippen LogP contribution in [0.15, 0.2) is 18.2 Å². The van der Waals surface area contributed by atoms with Crippen LogP contribution in [0.5, 0.6) is 5.75 Å². The molecule has 0 aliphatic carbocycles. The quantitative estimate of drug-likeness (QED) is 0.877. The summed E-state index contributed by atoms with van der Waals surface area (Å²) in [7, 11) is 1.76. The first-order valence-corrected chi connectivity index (χ1v) is 7.51. The second kappa shape index (κ2) is 7.46. The Morgan fingerprint density at radius 1 is 1.29 bits per heavy atom. The van der Waals surface area contributed by atoms with Gasteiger partial charge in [0.25, 0.3) is 5.91 Å². The highest BCUT2D eigenvalue weighted by molar-refractivity contribution is 5.81. The van der Waals surface area contributed by atoms with E-state index in [2.05, 4.69) is 26.0 Å². The lowest BCUT2D eigenvalue weighted by Crippen LogP contribution is -2.45. The van der Waals surface area contributed by atoms with Gasteiger partial charge in [0.1, 0.15) is 5.75 Å². The van der Waals surface area contributed by atoms with Crippen molar-refractivity contribution in [3.63, 3.8) is 0 Å². The van der Waals surface area contributed by atoms with Crippen LogP contribution >= 0.6 is 0 Å². The van der Waals surface area contributed by atoms with Gasteiger partial charge in [0, 0.05) is 19.6 Å². The molecule has 2 N–H and O–H groups in total. The molecule has 0 radical (unpaired) electrons. The van der Waals surface area contributed by atoms with E-state index in [-0.39, 0.29) is 11.9 Å². The predicted octanol–water partition coefficient (Wildman–Crippen LogP) is 2.69. The summed E-state index contributed by atoms with van der Waals surface area (Å²) in [4.78, 5) is 14.0. The predicted molar refractivity (Wildman–Crippen MR) is 86.6 cm³/mol. The van der Waals surface area contributed by atoms with Crippen molar-refractivity contribution >= 4 is 5.91 Å². The number of likely N-dealkylation sites (N-methyl/N-ethyl adjacent to an activating group) is 1. The Balaban J connectivity index is 2.90. The van der Waals surface area contributed by atoms with E-state index in [4.69, 9.17) is 10.5 Å². The maximum absolute atomic E-state index is 12.4. The van der Waals surface area contributed by atoms with Crippen molar-refractivity contribution in [2.24, 2.45) is 5.73 Å². The van der Waals surface area contributed by atoms with Gasteiger partial charge in [-0.2, -0.15) is 0 Å². The van der Waals surface area contributed by atoms with Gasteiger partial charge in [-0.15, -0.1) is 0 Å². The van der Waals surface area contributed by atoms with Crippen LogP contribution < -0.4 is 10.5 Å². The Bertz CT molecular complexity index is 486. The van der Waals surface area contributed by atoms with E-state index in [1.54, 1.807) is 18.9 Å². The molecule has 1 aromatic rings. The van der Waals surface area contributed by atoms with Crippen molar-refractivity contribution in [3.05, 3.63) is 29.3 Å². The maximum Gasteiger partial charge on any atom is 0.263 e. The topological polar surface area (TPSA) is 55.6 Å². The van der Waals surface area contributed by atoms with E-state index in [1.165, 1.54) is 0 Å². The Morgan fingerprint density at radius 2 is 1.90 bits per heavy atom. The zero-order valence-electron chi connectivity index (χ0n) is 14.0. The third kappa shape index (κ3) is 4.46. The summed E-state index contributed by atoms with van der Waals surface area (Å²) in [5, 5.41) is 0. The van der Waals surface area contributed by atoms with Crippen molar-refractivity contribution in [1.29, 1.82) is 0 Å².